The molecule has 0 heterocycles. The first-order valence-corrected chi connectivity index (χ1v) is 8.06. The first-order valence-electron chi connectivity index (χ1n) is 8.06. The number of hydrogen-bond donors (Lipinski definition) is 1. The van der Waals surface area contributed by atoms with Crippen LogP contribution in [0.15, 0.2) is 78.9 Å². The summed E-state index contributed by atoms with van der Waals surface area (Å²) in [6.07, 6.45) is -0.355. The zero-order valence-electron chi connectivity index (χ0n) is 13.6. The largest absolute Gasteiger partial charge is 0.380 e. The summed E-state index contributed by atoms with van der Waals surface area (Å²) in [6, 6.07) is 24.9. The van der Waals surface area contributed by atoms with E-state index in [1.165, 1.54) is 5.56 Å². The molecule has 2 heteroatoms. The van der Waals surface area contributed by atoms with Crippen molar-refractivity contribution in [2.24, 2.45) is 0 Å². The van der Waals surface area contributed by atoms with Crippen LogP contribution in [0.5, 0.6) is 0 Å². The molecule has 0 spiro atoms. The molecule has 0 fully saturated rings. The number of carbonyl (C=O) groups is 1. The minimum Gasteiger partial charge on any atom is -0.380 e. The van der Waals surface area contributed by atoms with Crippen molar-refractivity contribution >= 4 is 5.78 Å². The molecule has 1 unspecified atom stereocenters. The minimum absolute atomic E-state index is 0.256. The van der Waals surface area contributed by atoms with Crippen LogP contribution in [0, 0.1) is 6.92 Å². The number of hydrogen-bond acceptors (Lipinski definition) is 2. The van der Waals surface area contributed by atoms with Crippen LogP contribution in [0.2, 0.25) is 0 Å². The second kappa shape index (κ2) is 7.24. The van der Waals surface area contributed by atoms with Gasteiger partial charge < -0.3 is 5.11 Å². The maximum atomic E-state index is 12.7. The van der Waals surface area contributed by atoms with Crippen molar-refractivity contribution in [2.75, 3.05) is 0 Å². The molecule has 0 saturated heterocycles. The van der Waals surface area contributed by atoms with Gasteiger partial charge in [0.25, 0.3) is 0 Å². The Bertz CT molecular complexity index is 823. The molecule has 0 amide bonds. The van der Waals surface area contributed by atoms with Crippen molar-refractivity contribution in [1.29, 1.82) is 0 Å². The lowest BCUT2D eigenvalue weighted by atomic mass is 9.92. The predicted octanol–water partition coefficient (Wildman–Crippen LogP) is 4.50. The number of aliphatic hydroxyl groups is 1. The summed E-state index contributed by atoms with van der Waals surface area (Å²) in [4.78, 5) is 12.7. The van der Waals surface area contributed by atoms with Gasteiger partial charge in [0.2, 0.25) is 0 Å². The summed E-state index contributed by atoms with van der Waals surface area (Å²) < 4.78 is 0. The Morgan fingerprint density at radius 2 is 1.50 bits per heavy atom. The molecule has 120 valence electrons. The molecule has 0 aliphatic heterocycles. The molecule has 24 heavy (non-hydrogen) atoms. The monoisotopic (exact) mass is 316 g/mol. The second-order valence-electron chi connectivity index (χ2n) is 5.93. The van der Waals surface area contributed by atoms with Gasteiger partial charge in [-0.15, -0.1) is 0 Å². The van der Waals surface area contributed by atoms with E-state index in [0.717, 1.165) is 17.5 Å². The van der Waals surface area contributed by atoms with Crippen LogP contribution in [-0.4, -0.2) is 10.9 Å². The number of benzene rings is 3. The predicted molar refractivity (Wildman–Crippen MR) is 96.2 cm³/mol. The van der Waals surface area contributed by atoms with Gasteiger partial charge >= 0.3 is 0 Å². The Kier molecular flexibility index (Phi) is 4.88. The highest BCUT2D eigenvalue weighted by atomic mass is 16.3. The Balaban J connectivity index is 1.89. The van der Waals surface area contributed by atoms with Gasteiger partial charge in [-0.25, -0.2) is 0 Å². The van der Waals surface area contributed by atoms with Crippen molar-refractivity contribution in [1.82, 2.24) is 0 Å². The lowest BCUT2D eigenvalue weighted by molar-refractivity contribution is 0.0746. The van der Waals surface area contributed by atoms with E-state index in [1.54, 1.807) is 18.2 Å². The van der Waals surface area contributed by atoms with Gasteiger partial charge in [-0.05, 0) is 35.6 Å². The first-order chi connectivity index (χ1) is 11.7. The van der Waals surface area contributed by atoms with Crippen molar-refractivity contribution in [3.8, 4) is 0 Å². The Labute approximate surface area is 142 Å². The number of rotatable bonds is 5. The summed E-state index contributed by atoms with van der Waals surface area (Å²) >= 11 is 0. The van der Waals surface area contributed by atoms with Gasteiger partial charge in [0.05, 0.1) is 0 Å². The Morgan fingerprint density at radius 1 is 0.875 bits per heavy atom. The SMILES string of the molecule is Cc1c(Cc2ccccc2)cccc1C(=O)C(O)c1ccccc1. The van der Waals surface area contributed by atoms with Gasteiger partial charge in [-0.2, -0.15) is 0 Å². The van der Waals surface area contributed by atoms with E-state index < -0.39 is 6.10 Å². The minimum atomic E-state index is -1.13. The lowest BCUT2D eigenvalue weighted by Gasteiger charge is -2.14. The third-order valence-corrected chi connectivity index (χ3v) is 4.31. The summed E-state index contributed by atoms with van der Waals surface area (Å²) in [5, 5.41) is 10.4. The van der Waals surface area contributed by atoms with E-state index >= 15 is 0 Å². The van der Waals surface area contributed by atoms with E-state index in [2.05, 4.69) is 12.1 Å². The lowest BCUT2D eigenvalue weighted by Crippen LogP contribution is -2.14. The topological polar surface area (TPSA) is 37.3 Å². The van der Waals surface area contributed by atoms with E-state index in [9.17, 15) is 9.90 Å². The molecule has 1 atom stereocenters. The summed E-state index contributed by atoms with van der Waals surface area (Å²) in [6.45, 7) is 1.95. The molecule has 0 aromatic heterocycles. The summed E-state index contributed by atoms with van der Waals surface area (Å²) in [7, 11) is 0. The molecule has 0 saturated carbocycles. The average molecular weight is 316 g/mol. The fraction of sp³-hybridized carbons (Fsp3) is 0.136. The van der Waals surface area contributed by atoms with Crippen molar-refractivity contribution < 1.29 is 9.90 Å². The first kappa shape index (κ1) is 16.2. The standard InChI is InChI=1S/C22H20O2/c1-16-19(15-17-9-4-2-5-10-17)13-8-14-20(16)22(24)21(23)18-11-6-3-7-12-18/h2-14,21,23H,15H2,1H3. The third-order valence-electron chi connectivity index (χ3n) is 4.31. The van der Waals surface area contributed by atoms with E-state index in [0.29, 0.717) is 11.1 Å². The summed E-state index contributed by atoms with van der Waals surface area (Å²) in [5.41, 5.74) is 4.44. The van der Waals surface area contributed by atoms with Crippen LogP contribution in [0.1, 0.15) is 38.7 Å². The van der Waals surface area contributed by atoms with Crippen molar-refractivity contribution in [3.63, 3.8) is 0 Å². The Morgan fingerprint density at radius 3 is 2.17 bits per heavy atom. The van der Waals surface area contributed by atoms with Crippen molar-refractivity contribution in [3.05, 3.63) is 107 Å². The van der Waals surface area contributed by atoms with Gasteiger partial charge in [0.15, 0.2) is 5.78 Å². The molecular weight excluding hydrogens is 296 g/mol. The molecule has 0 aliphatic rings. The van der Waals surface area contributed by atoms with Gasteiger partial charge in [-0.3, -0.25) is 4.79 Å². The zero-order valence-corrected chi connectivity index (χ0v) is 13.6. The molecule has 0 radical (unpaired) electrons. The van der Waals surface area contributed by atoms with E-state index in [-0.39, 0.29) is 5.78 Å². The Hall–Kier alpha value is -2.71. The number of aliphatic hydroxyl groups excluding tert-OH is 1. The smallest absolute Gasteiger partial charge is 0.196 e. The fourth-order valence-electron chi connectivity index (χ4n) is 2.89. The zero-order chi connectivity index (χ0) is 16.9. The highest BCUT2D eigenvalue weighted by molar-refractivity contribution is 6.01. The van der Waals surface area contributed by atoms with Crippen LogP contribution < -0.4 is 0 Å². The average Bonchev–Trinajstić information content (AvgIpc) is 2.64. The highest BCUT2D eigenvalue weighted by Gasteiger charge is 2.21. The molecule has 0 bridgehead atoms. The van der Waals surface area contributed by atoms with Gasteiger partial charge in [0, 0.05) is 5.56 Å². The maximum Gasteiger partial charge on any atom is 0.196 e. The van der Waals surface area contributed by atoms with Gasteiger partial charge in [-0.1, -0.05) is 78.9 Å². The van der Waals surface area contributed by atoms with Crippen LogP contribution >= 0.6 is 0 Å². The molecule has 3 aromatic rings. The molecule has 3 aromatic carbocycles. The normalized spacial score (nSPS) is 11.9. The second-order valence-corrected chi connectivity index (χ2v) is 5.93. The number of Topliss-reactive ketones (excluding diaryl/α,β-unsaturated/α-hetero) is 1. The van der Waals surface area contributed by atoms with E-state index in [4.69, 9.17) is 0 Å². The van der Waals surface area contributed by atoms with Crippen LogP contribution in [0.4, 0.5) is 0 Å². The quantitative estimate of drug-likeness (QED) is 0.704. The number of carbonyl (C=O) groups excluding carboxylic acids is 1. The molecular formula is C22H20O2. The molecule has 2 nitrogen and oxygen atoms in total. The third kappa shape index (κ3) is 3.44. The maximum absolute atomic E-state index is 12.7. The van der Waals surface area contributed by atoms with Crippen LogP contribution in [0.3, 0.4) is 0 Å². The molecule has 3 rings (SSSR count). The fourth-order valence-corrected chi connectivity index (χ4v) is 2.89. The highest BCUT2D eigenvalue weighted by Crippen LogP contribution is 2.23. The van der Waals surface area contributed by atoms with Gasteiger partial charge in [0.1, 0.15) is 6.10 Å². The molecule has 0 aliphatic carbocycles. The van der Waals surface area contributed by atoms with Crippen LogP contribution in [-0.2, 0) is 6.42 Å². The van der Waals surface area contributed by atoms with E-state index in [1.807, 2.05) is 55.5 Å². The van der Waals surface area contributed by atoms with Crippen molar-refractivity contribution in [2.45, 2.75) is 19.4 Å². The summed E-state index contributed by atoms with van der Waals surface area (Å²) in [5.74, 6) is -0.256. The molecule has 1 N–H and O–H groups in total. The number of ketones is 1. The van der Waals surface area contributed by atoms with Crippen LogP contribution in [0.25, 0.3) is 0 Å².